The maximum atomic E-state index is 6.00. The van der Waals surface area contributed by atoms with Gasteiger partial charge >= 0.3 is 0 Å². The number of nitrogens with two attached hydrogens (primary N) is 1. The molecule has 20 heavy (non-hydrogen) atoms. The molecule has 0 amide bonds. The maximum Gasteiger partial charge on any atom is 0.0616 e. The summed E-state index contributed by atoms with van der Waals surface area (Å²) >= 11 is 0. The fourth-order valence-corrected chi connectivity index (χ4v) is 3.48. The molecule has 1 aliphatic rings. The highest BCUT2D eigenvalue weighted by molar-refractivity contribution is 4.90. The molecule has 0 radical (unpaired) electrons. The largest absolute Gasteiger partial charge is 0.378 e. The highest BCUT2D eigenvalue weighted by atomic mass is 16.5. The average Bonchev–Trinajstić information content (AvgIpc) is 2.82. The minimum Gasteiger partial charge on any atom is -0.378 e. The van der Waals surface area contributed by atoms with E-state index >= 15 is 0 Å². The summed E-state index contributed by atoms with van der Waals surface area (Å²) < 4.78 is 5.72. The van der Waals surface area contributed by atoms with Gasteiger partial charge in [-0.3, -0.25) is 0 Å². The first kappa shape index (κ1) is 18.0. The van der Waals surface area contributed by atoms with Crippen molar-refractivity contribution < 1.29 is 4.74 Å². The number of rotatable bonds is 12. The second-order valence-electron chi connectivity index (χ2n) is 6.76. The minimum atomic E-state index is 0.292. The van der Waals surface area contributed by atoms with Crippen LogP contribution in [0.15, 0.2) is 0 Å². The molecule has 0 bridgehead atoms. The van der Waals surface area contributed by atoms with Gasteiger partial charge in [0.1, 0.15) is 0 Å². The molecule has 1 fully saturated rings. The number of ether oxygens (including phenoxy) is 1. The summed E-state index contributed by atoms with van der Waals surface area (Å²) in [7, 11) is 0. The summed E-state index contributed by atoms with van der Waals surface area (Å²) in [5.41, 5.74) is 6.29. The Bertz CT molecular complexity index is 231. The van der Waals surface area contributed by atoms with Gasteiger partial charge in [0.25, 0.3) is 0 Å². The molecule has 1 heterocycles. The predicted molar refractivity (Wildman–Crippen MR) is 88.0 cm³/mol. The van der Waals surface area contributed by atoms with Crippen LogP contribution in [0.2, 0.25) is 0 Å². The van der Waals surface area contributed by atoms with E-state index in [1.165, 1.54) is 77.0 Å². The van der Waals surface area contributed by atoms with Crippen molar-refractivity contribution in [1.29, 1.82) is 0 Å². The molecule has 0 saturated carbocycles. The maximum absolute atomic E-state index is 6.00. The Morgan fingerprint density at radius 2 is 1.50 bits per heavy atom. The van der Waals surface area contributed by atoms with Crippen LogP contribution in [0.4, 0.5) is 0 Å². The molecule has 120 valence electrons. The van der Waals surface area contributed by atoms with Gasteiger partial charge in [0, 0.05) is 18.6 Å². The van der Waals surface area contributed by atoms with Crippen LogP contribution < -0.4 is 5.73 Å². The van der Waals surface area contributed by atoms with E-state index in [4.69, 9.17) is 10.5 Å². The minimum absolute atomic E-state index is 0.292. The second-order valence-corrected chi connectivity index (χ2v) is 6.76. The summed E-state index contributed by atoms with van der Waals surface area (Å²) in [5, 5.41) is 0. The van der Waals surface area contributed by atoms with E-state index in [0.29, 0.717) is 11.5 Å². The zero-order chi connectivity index (χ0) is 14.7. The lowest BCUT2D eigenvalue weighted by molar-refractivity contribution is 0.0616. The van der Waals surface area contributed by atoms with Crippen LogP contribution in [-0.4, -0.2) is 19.3 Å². The third kappa shape index (κ3) is 6.13. The fourth-order valence-electron chi connectivity index (χ4n) is 3.48. The summed E-state index contributed by atoms with van der Waals surface area (Å²) in [4.78, 5) is 0. The quantitative estimate of drug-likeness (QED) is 0.509. The van der Waals surface area contributed by atoms with E-state index in [2.05, 4.69) is 13.8 Å². The van der Waals surface area contributed by atoms with Crippen molar-refractivity contribution in [2.75, 3.05) is 13.2 Å². The number of unbranched alkanes of at least 4 members (excludes halogenated alkanes) is 9. The lowest BCUT2D eigenvalue weighted by Gasteiger charge is -2.30. The highest BCUT2D eigenvalue weighted by Crippen LogP contribution is 2.38. The van der Waals surface area contributed by atoms with Crippen LogP contribution in [0.5, 0.6) is 0 Å². The zero-order valence-electron chi connectivity index (χ0n) is 14.0. The van der Waals surface area contributed by atoms with Gasteiger partial charge in [-0.1, -0.05) is 71.1 Å². The number of hydrogen-bond acceptors (Lipinski definition) is 2. The topological polar surface area (TPSA) is 35.2 Å². The van der Waals surface area contributed by atoms with Crippen LogP contribution in [-0.2, 0) is 4.74 Å². The molecule has 0 aromatic heterocycles. The Labute approximate surface area is 126 Å². The molecule has 2 N–H and O–H groups in total. The normalized spacial score (nSPS) is 26.2. The van der Waals surface area contributed by atoms with Crippen LogP contribution in [0.1, 0.15) is 90.9 Å². The molecular formula is C18H37NO. The predicted octanol–water partition coefficient (Wildman–Crippen LogP) is 5.05. The molecule has 0 aromatic carbocycles. The van der Waals surface area contributed by atoms with E-state index in [0.717, 1.165) is 13.2 Å². The summed E-state index contributed by atoms with van der Waals surface area (Å²) in [5.74, 6) is 0. The molecule has 1 saturated heterocycles. The Morgan fingerprint density at radius 3 is 1.95 bits per heavy atom. The van der Waals surface area contributed by atoms with Gasteiger partial charge in [-0.2, -0.15) is 0 Å². The van der Waals surface area contributed by atoms with Gasteiger partial charge in [0.2, 0.25) is 0 Å². The van der Waals surface area contributed by atoms with E-state index in [1.807, 2.05) is 0 Å². The molecule has 2 nitrogen and oxygen atoms in total. The Kier molecular flexibility index (Phi) is 9.54. The van der Waals surface area contributed by atoms with Gasteiger partial charge in [-0.25, -0.2) is 0 Å². The van der Waals surface area contributed by atoms with Crippen molar-refractivity contribution in [2.24, 2.45) is 11.1 Å². The average molecular weight is 283 g/mol. The van der Waals surface area contributed by atoms with Crippen LogP contribution in [0.3, 0.4) is 0 Å². The van der Waals surface area contributed by atoms with E-state index < -0.39 is 0 Å². The van der Waals surface area contributed by atoms with Crippen molar-refractivity contribution >= 4 is 0 Å². The highest BCUT2D eigenvalue weighted by Gasteiger charge is 2.39. The molecule has 2 atom stereocenters. The van der Waals surface area contributed by atoms with Gasteiger partial charge in [-0.15, -0.1) is 0 Å². The number of hydrogen-bond donors (Lipinski definition) is 1. The Morgan fingerprint density at radius 1 is 0.950 bits per heavy atom. The molecule has 0 spiro atoms. The van der Waals surface area contributed by atoms with Gasteiger partial charge < -0.3 is 10.5 Å². The molecule has 0 aromatic rings. The standard InChI is InChI=1S/C18H37NO/c1-3-4-5-6-7-8-9-10-11-12-13-18(16-19)14-15-20-17(18)2/h17H,3-16,19H2,1-2H3. The van der Waals surface area contributed by atoms with Crippen LogP contribution in [0, 0.1) is 5.41 Å². The second kappa shape index (κ2) is 10.6. The van der Waals surface area contributed by atoms with E-state index in [-0.39, 0.29) is 0 Å². The summed E-state index contributed by atoms with van der Waals surface area (Å²) in [6.45, 7) is 6.20. The van der Waals surface area contributed by atoms with Gasteiger partial charge in [0.15, 0.2) is 0 Å². The molecule has 2 unspecified atom stereocenters. The lowest BCUT2D eigenvalue weighted by Crippen LogP contribution is -2.36. The smallest absolute Gasteiger partial charge is 0.0616 e. The fraction of sp³-hybridized carbons (Fsp3) is 1.00. The van der Waals surface area contributed by atoms with Gasteiger partial charge in [-0.05, 0) is 19.8 Å². The van der Waals surface area contributed by atoms with Crippen molar-refractivity contribution in [2.45, 2.75) is 97.0 Å². The monoisotopic (exact) mass is 283 g/mol. The van der Waals surface area contributed by atoms with Gasteiger partial charge in [0.05, 0.1) is 6.10 Å². The lowest BCUT2D eigenvalue weighted by atomic mass is 9.77. The first-order valence-electron chi connectivity index (χ1n) is 9.07. The molecule has 0 aliphatic carbocycles. The van der Waals surface area contributed by atoms with E-state index in [1.54, 1.807) is 0 Å². The molecule has 2 heteroatoms. The molecule has 1 rings (SSSR count). The molecular weight excluding hydrogens is 246 g/mol. The summed E-state index contributed by atoms with van der Waals surface area (Å²) in [6, 6.07) is 0. The molecule has 1 aliphatic heterocycles. The third-order valence-electron chi connectivity index (χ3n) is 5.26. The Hall–Kier alpha value is -0.0800. The first-order chi connectivity index (χ1) is 9.75. The summed E-state index contributed by atoms with van der Waals surface area (Å²) in [6.07, 6.45) is 16.9. The van der Waals surface area contributed by atoms with Crippen molar-refractivity contribution in [3.05, 3.63) is 0 Å². The van der Waals surface area contributed by atoms with Crippen LogP contribution in [0.25, 0.3) is 0 Å². The van der Waals surface area contributed by atoms with Crippen molar-refractivity contribution in [3.63, 3.8) is 0 Å². The van der Waals surface area contributed by atoms with Crippen LogP contribution >= 0.6 is 0 Å². The zero-order valence-corrected chi connectivity index (χ0v) is 14.0. The van der Waals surface area contributed by atoms with Crippen molar-refractivity contribution in [1.82, 2.24) is 0 Å². The third-order valence-corrected chi connectivity index (χ3v) is 5.26. The van der Waals surface area contributed by atoms with E-state index in [9.17, 15) is 0 Å². The first-order valence-corrected chi connectivity index (χ1v) is 9.07. The SMILES string of the molecule is CCCCCCCCCCCCC1(CN)CCOC1C. The van der Waals surface area contributed by atoms with Crippen molar-refractivity contribution in [3.8, 4) is 0 Å². The Balaban J connectivity index is 1.94.